The standard InChI is InChI=1S/C26H20N8OS/c1-16(35)29-18-4-6-19(7-5-18)30-24-23-25(34(15-28-23)21-10-12-36-14-21)33-26(32-24)31-20-8-9-22-17(13-20)3-2-11-27-22/h2-15H,1H3,(H,29,35)(H2,30,31,32,33). The molecule has 36 heavy (non-hydrogen) atoms. The van der Waals surface area contributed by atoms with E-state index in [1.54, 1.807) is 23.9 Å². The summed E-state index contributed by atoms with van der Waals surface area (Å²) in [6.45, 7) is 1.48. The third-order valence-corrected chi connectivity index (χ3v) is 6.18. The zero-order valence-electron chi connectivity index (χ0n) is 19.1. The number of rotatable bonds is 6. The van der Waals surface area contributed by atoms with Crippen LogP contribution in [-0.4, -0.2) is 30.4 Å². The molecule has 0 aliphatic heterocycles. The van der Waals surface area contributed by atoms with Gasteiger partial charge in [-0.15, -0.1) is 0 Å². The number of hydrogen-bond acceptors (Lipinski definition) is 8. The molecular formula is C26H20N8OS. The Labute approximate surface area is 209 Å². The molecule has 2 aromatic carbocycles. The van der Waals surface area contributed by atoms with Gasteiger partial charge in [-0.2, -0.15) is 21.3 Å². The van der Waals surface area contributed by atoms with E-state index in [0.717, 1.165) is 33.7 Å². The van der Waals surface area contributed by atoms with Crippen molar-refractivity contribution in [2.75, 3.05) is 16.0 Å². The maximum atomic E-state index is 11.3. The monoisotopic (exact) mass is 492 g/mol. The van der Waals surface area contributed by atoms with Crippen molar-refractivity contribution in [2.24, 2.45) is 0 Å². The minimum atomic E-state index is -0.118. The Morgan fingerprint density at radius 1 is 0.917 bits per heavy atom. The maximum Gasteiger partial charge on any atom is 0.231 e. The van der Waals surface area contributed by atoms with Crippen LogP contribution in [0.2, 0.25) is 0 Å². The van der Waals surface area contributed by atoms with Gasteiger partial charge in [0.1, 0.15) is 6.33 Å². The molecule has 6 rings (SSSR count). The first-order valence-electron chi connectivity index (χ1n) is 11.2. The van der Waals surface area contributed by atoms with Gasteiger partial charge in [-0.05, 0) is 60.0 Å². The van der Waals surface area contributed by atoms with Crippen LogP contribution < -0.4 is 16.0 Å². The Morgan fingerprint density at radius 3 is 2.56 bits per heavy atom. The fourth-order valence-corrected chi connectivity index (χ4v) is 4.51. The highest BCUT2D eigenvalue weighted by molar-refractivity contribution is 7.08. The molecule has 0 saturated carbocycles. The molecule has 0 aliphatic rings. The average molecular weight is 493 g/mol. The van der Waals surface area contributed by atoms with Crippen LogP contribution in [0.3, 0.4) is 0 Å². The lowest BCUT2D eigenvalue weighted by atomic mass is 10.2. The molecule has 0 unspecified atom stereocenters. The summed E-state index contributed by atoms with van der Waals surface area (Å²) < 4.78 is 1.94. The second-order valence-corrected chi connectivity index (χ2v) is 8.86. The van der Waals surface area contributed by atoms with Crippen molar-refractivity contribution >= 4 is 68.1 Å². The summed E-state index contributed by atoms with van der Waals surface area (Å²) in [6.07, 6.45) is 3.52. The smallest absolute Gasteiger partial charge is 0.231 e. The number of fused-ring (bicyclic) bond motifs is 2. The van der Waals surface area contributed by atoms with E-state index in [-0.39, 0.29) is 5.91 Å². The third-order valence-electron chi connectivity index (χ3n) is 5.51. The Hall–Kier alpha value is -4.83. The molecule has 0 radical (unpaired) electrons. The summed E-state index contributed by atoms with van der Waals surface area (Å²) in [5.74, 6) is 0.874. The molecule has 0 atom stereocenters. The van der Waals surface area contributed by atoms with Crippen LogP contribution in [0.25, 0.3) is 27.8 Å². The molecule has 10 heteroatoms. The van der Waals surface area contributed by atoms with Crippen molar-refractivity contribution in [3.8, 4) is 5.69 Å². The van der Waals surface area contributed by atoms with Gasteiger partial charge in [0.25, 0.3) is 0 Å². The minimum absolute atomic E-state index is 0.118. The van der Waals surface area contributed by atoms with Gasteiger partial charge in [0, 0.05) is 40.9 Å². The van der Waals surface area contributed by atoms with Gasteiger partial charge >= 0.3 is 0 Å². The number of carbonyl (C=O) groups excluding carboxylic acids is 1. The lowest BCUT2D eigenvalue weighted by Crippen LogP contribution is -2.06. The largest absolute Gasteiger partial charge is 0.338 e. The van der Waals surface area contributed by atoms with E-state index in [1.165, 1.54) is 6.92 Å². The number of pyridine rings is 1. The van der Waals surface area contributed by atoms with Crippen LogP contribution in [0.5, 0.6) is 0 Å². The number of carbonyl (C=O) groups is 1. The van der Waals surface area contributed by atoms with E-state index in [4.69, 9.17) is 9.97 Å². The van der Waals surface area contributed by atoms with Crippen molar-refractivity contribution in [3.63, 3.8) is 0 Å². The second-order valence-electron chi connectivity index (χ2n) is 8.08. The number of anilines is 5. The molecule has 0 bridgehead atoms. The van der Waals surface area contributed by atoms with Crippen LogP contribution in [0.15, 0.2) is 83.9 Å². The molecule has 176 valence electrons. The summed E-state index contributed by atoms with van der Waals surface area (Å²) in [6, 6.07) is 19.3. The second kappa shape index (κ2) is 9.08. The van der Waals surface area contributed by atoms with Crippen LogP contribution in [0.1, 0.15) is 6.92 Å². The Bertz CT molecular complexity index is 1690. The zero-order chi connectivity index (χ0) is 24.5. The first kappa shape index (κ1) is 21.7. The molecule has 0 saturated heterocycles. The number of nitrogens with one attached hydrogen (secondary N) is 3. The number of aromatic nitrogens is 5. The van der Waals surface area contributed by atoms with Gasteiger partial charge in [0.15, 0.2) is 17.0 Å². The maximum absolute atomic E-state index is 11.3. The van der Waals surface area contributed by atoms with E-state index in [1.807, 2.05) is 76.0 Å². The number of imidazole rings is 1. The SMILES string of the molecule is CC(=O)Nc1ccc(Nc2nc(Nc3ccc4ncccc4c3)nc3c2ncn3-c2ccsc2)cc1. The lowest BCUT2D eigenvalue weighted by molar-refractivity contribution is -0.114. The minimum Gasteiger partial charge on any atom is -0.338 e. The van der Waals surface area contributed by atoms with E-state index < -0.39 is 0 Å². The fraction of sp³-hybridized carbons (Fsp3) is 0.0385. The summed E-state index contributed by atoms with van der Waals surface area (Å²) in [5, 5.41) is 14.5. The molecule has 6 aromatic rings. The average Bonchev–Trinajstić information content (AvgIpc) is 3.55. The van der Waals surface area contributed by atoms with Crippen molar-refractivity contribution in [1.82, 2.24) is 24.5 Å². The number of nitrogens with zero attached hydrogens (tertiary/aromatic N) is 5. The van der Waals surface area contributed by atoms with Gasteiger partial charge in [-0.3, -0.25) is 14.3 Å². The number of hydrogen-bond donors (Lipinski definition) is 3. The summed E-state index contributed by atoms with van der Waals surface area (Å²) >= 11 is 1.61. The first-order valence-corrected chi connectivity index (χ1v) is 12.1. The Balaban J connectivity index is 1.40. The first-order chi connectivity index (χ1) is 17.6. The van der Waals surface area contributed by atoms with E-state index in [0.29, 0.717) is 22.9 Å². The molecule has 9 nitrogen and oxygen atoms in total. The molecule has 0 fully saturated rings. The predicted octanol–water partition coefficient (Wildman–Crippen LogP) is 5.87. The van der Waals surface area contributed by atoms with Crippen molar-refractivity contribution < 1.29 is 4.79 Å². The van der Waals surface area contributed by atoms with Crippen LogP contribution in [0, 0.1) is 0 Å². The molecule has 1 amide bonds. The highest BCUT2D eigenvalue weighted by atomic mass is 32.1. The van der Waals surface area contributed by atoms with Gasteiger partial charge in [-0.1, -0.05) is 6.07 Å². The number of thiophene rings is 1. The quantitative estimate of drug-likeness (QED) is 0.267. The molecular weight excluding hydrogens is 472 g/mol. The van der Waals surface area contributed by atoms with Crippen molar-refractivity contribution in [3.05, 3.63) is 83.9 Å². The fourth-order valence-electron chi connectivity index (χ4n) is 3.89. The molecule has 0 aliphatic carbocycles. The van der Waals surface area contributed by atoms with Gasteiger partial charge < -0.3 is 16.0 Å². The number of benzene rings is 2. The number of amides is 1. The van der Waals surface area contributed by atoms with Gasteiger partial charge in [-0.25, -0.2) is 4.98 Å². The lowest BCUT2D eigenvalue weighted by Gasteiger charge is -2.11. The molecule has 0 spiro atoms. The summed E-state index contributed by atoms with van der Waals surface area (Å²) in [4.78, 5) is 29.9. The molecule has 4 aromatic heterocycles. The van der Waals surface area contributed by atoms with Gasteiger partial charge in [0.2, 0.25) is 11.9 Å². The predicted molar refractivity (Wildman–Crippen MR) is 144 cm³/mol. The normalized spacial score (nSPS) is 11.0. The third kappa shape index (κ3) is 4.32. The summed E-state index contributed by atoms with van der Waals surface area (Å²) in [7, 11) is 0. The van der Waals surface area contributed by atoms with E-state index in [2.05, 4.69) is 25.9 Å². The molecule has 3 N–H and O–H groups in total. The van der Waals surface area contributed by atoms with E-state index >= 15 is 0 Å². The Morgan fingerprint density at radius 2 is 1.75 bits per heavy atom. The summed E-state index contributed by atoms with van der Waals surface area (Å²) in [5.41, 5.74) is 5.58. The van der Waals surface area contributed by atoms with Crippen LogP contribution in [-0.2, 0) is 4.79 Å². The highest BCUT2D eigenvalue weighted by Crippen LogP contribution is 2.29. The zero-order valence-corrected chi connectivity index (χ0v) is 20.0. The van der Waals surface area contributed by atoms with Crippen molar-refractivity contribution in [1.29, 1.82) is 0 Å². The highest BCUT2D eigenvalue weighted by Gasteiger charge is 2.15. The van der Waals surface area contributed by atoms with Crippen LogP contribution >= 0.6 is 11.3 Å². The topological polar surface area (TPSA) is 110 Å². The Kier molecular flexibility index (Phi) is 5.47. The van der Waals surface area contributed by atoms with Gasteiger partial charge in [0.05, 0.1) is 11.2 Å². The van der Waals surface area contributed by atoms with E-state index in [9.17, 15) is 4.79 Å². The van der Waals surface area contributed by atoms with Crippen molar-refractivity contribution in [2.45, 2.75) is 6.92 Å². The molecule has 4 heterocycles. The van der Waals surface area contributed by atoms with Crippen LogP contribution in [0.4, 0.5) is 28.8 Å².